The highest BCUT2D eigenvalue weighted by Crippen LogP contribution is 2.66. The van der Waals surface area contributed by atoms with Gasteiger partial charge in [0, 0.05) is 0 Å². The summed E-state index contributed by atoms with van der Waals surface area (Å²) in [6.07, 6.45) is 18.5. The predicted molar refractivity (Wildman–Crippen MR) is 119 cm³/mol. The Morgan fingerprint density at radius 1 is 1.11 bits per heavy atom. The highest BCUT2D eigenvalue weighted by molar-refractivity contribution is 5.38. The van der Waals surface area contributed by atoms with Crippen LogP contribution in [0, 0.1) is 34.5 Å². The number of hydrogen-bond donors (Lipinski definition) is 1. The predicted octanol–water partition coefficient (Wildman–Crippen LogP) is 7.23. The smallest absolute Gasteiger partial charge is 0.0578 e. The SMILES string of the molecule is CC(C)=CCC[C@@H](C)[C@H]1CCC2C3=CC=C4C[C@@H](O)CC[C@]4(C)C3CC[C@@]21C. The molecule has 0 saturated heterocycles. The summed E-state index contributed by atoms with van der Waals surface area (Å²) in [7, 11) is 0. The van der Waals surface area contributed by atoms with Crippen molar-refractivity contribution < 1.29 is 5.11 Å². The lowest BCUT2D eigenvalue weighted by molar-refractivity contribution is 0.0328. The van der Waals surface area contributed by atoms with E-state index < -0.39 is 0 Å². The van der Waals surface area contributed by atoms with Gasteiger partial charge in [0.2, 0.25) is 0 Å². The van der Waals surface area contributed by atoms with E-state index in [1.165, 1.54) is 56.1 Å². The maximum Gasteiger partial charge on any atom is 0.0578 e. The van der Waals surface area contributed by atoms with E-state index in [4.69, 9.17) is 0 Å². The van der Waals surface area contributed by atoms with E-state index >= 15 is 0 Å². The van der Waals surface area contributed by atoms with Gasteiger partial charge in [-0.2, -0.15) is 0 Å². The molecule has 0 radical (unpaired) electrons. The molecule has 4 aliphatic rings. The molecule has 0 amide bonds. The van der Waals surface area contributed by atoms with E-state index in [1.54, 1.807) is 5.57 Å². The van der Waals surface area contributed by atoms with Crippen LogP contribution in [0.5, 0.6) is 0 Å². The Bertz CT molecular complexity index is 693. The van der Waals surface area contributed by atoms with Crippen molar-refractivity contribution in [3.63, 3.8) is 0 Å². The lowest BCUT2D eigenvalue weighted by Gasteiger charge is -2.55. The van der Waals surface area contributed by atoms with Crippen molar-refractivity contribution in [3.8, 4) is 0 Å². The molecule has 4 aliphatic carbocycles. The Kier molecular flexibility index (Phi) is 5.45. The van der Waals surface area contributed by atoms with Gasteiger partial charge in [-0.25, -0.2) is 0 Å². The number of aliphatic hydroxyl groups is 1. The van der Waals surface area contributed by atoms with Gasteiger partial charge in [-0.15, -0.1) is 0 Å². The molecule has 7 atom stereocenters. The summed E-state index contributed by atoms with van der Waals surface area (Å²) >= 11 is 0. The third kappa shape index (κ3) is 3.26. The molecule has 0 aromatic heterocycles. The van der Waals surface area contributed by atoms with Crippen molar-refractivity contribution in [2.75, 3.05) is 0 Å². The number of hydrogen-bond acceptors (Lipinski definition) is 1. The molecular formula is C27H42O. The fraction of sp³-hybridized carbons (Fsp3) is 0.778. The van der Waals surface area contributed by atoms with Gasteiger partial charge in [-0.3, -0.25) is 0 Å². The molecule has 3 saturated carbocycles. The summed E-state index contributed by atoms with van der Waals surface area (Å²) in [5.41, 5.74) is 5.60. The van der Waals surface area contributed by atoms with Crippen LogP contribution < -0.4 is 0 Å². The largest absolute Gasteiger partial charge is 0.393 e. The van der Waals surface area contributed by atoms with Crippen molar-refractivity contribution in [3.05, 3.63) is 34.9 Å². The minimum absolute atomic E-state index is 0.111. The standard InChI is InChI=1S/C27H42O/c1-18(2)7-6-8-19(3)23-11-12-24-22-10-9-20-17-21(28)13-15-26(20,4)25(22)14-16-27(23,24)5/h7,9-10,19,21,23-25,28H,6,8,11-17H2,1-5H3/t19-,21+,23-,24?,25?,26+,27-/m1/s1. The molecular weight excluding hydrogens is 340 g/mol. The molecule has 28 heavy (non-hydrogen) atoms. The molecule has 1 heteroatoms. The molecule has 0 bridgehead atoms. The zero-order chi connectivity index (χ0) is 20.1. The monoisotopic (exact) mass is 382 g/mol. The molecule has 0 spiro atoms. The highest BCUT2D eigenvalue weighted by atomic mass is 16.3. The summed E-state index contributed by atoms with van der Waals surface area (Å²) in [6.45, 7) is 12.1. The van der Waals surface area contributed by atoms with Gasteiger partial charge in [0.05, 0.1) is 6.10 Å². The molecule has 2 unspecified atom stereocenters. The van der Waals surface area contributed by atoms with Crippen molar-refractivity contribution in [2.24, 2.45) is 34.5 Å². The molecule has 1 nitrogen and oxygen atoms in total. The number of aliphatic hydroxyl groups excluding tert-OH is 1. The Balaban J connectivity index is 1.55. The first kappa shape index (κ1) is 20.5. The summed E-state index contributed by atoms with van der Waals surface area (Å²) < 4.78 is 0. The van der Waals surface area contributed by atoms with Crippen LogP contribution in [-0.4, -0.2) is 11.2 Å². The van der Waals surface area contributed by atoms with E-state index in [1.807, 2.05) is 0 Å². The van der Waals surface area contributed by atoms with Gasteiger partial charge < -0.3 is 5.11 Å². The molecule has 1 N–H and O–H groups in total. The lowest BCUT2D eigenvalue weighted by atomic mass is 9.50. The first-order valence-electron chi connectivity index (χ1n) is 12.0. The Labute approximate surface area is 173 Å². The van der Waals surface area contributed by atoms with E-state index in [0.717, 1.165) is 36.5 Å². The average Bonchev–Trinajstić information content (AvgIpc) is 2.99. The Hall–Kier alpha value is -0.820. The molecule has 0 aromatic carbocycles. The lowest BCUT2D eigenvalue weighted by Crippen LogP contribution is -2.46. The number of rotatable bonds is 4. The van der Waals surface area contributed by atoms with Crippen LogP contribution in [0.1, 0.15) is 92.4 Å². The van der Waals surface area contributed by atoms with Crippen LogP contribution >= 0.6 is 0 Å². The third-order valence-electron chi connectivity index (χ3n) is 9.48. The molecule has 0 aromatic rings. The van der Waals surface area contributed by atoms with E-state index in [-0.39, 0.29) is 6.10 Å². The molecule has 0 heterocycles. The second kappa shape index (κ2) is 7.46. The highest BCUT2D eigenvalue weighted by Gasteiger charge is 2.56. The van der Waals surface area contributed by atoms with Gasteiger partial charge in [0.1, 0.15) is 0 Å². The van der Waals surface area contributed by atoms with Gasteiger partial charge in [0.15, 0.2) is 0 Å². The van der Waals surface area contributed by atoms with Crippen LogP contribution in [0.4, 0.5) is 0 Å². The van der Waals surface area contributed by atoms with Crippen molar-refractivity contribution in [1.29, 1.82) is 0 Å². The third-order valence-corrected chi connectivity index (χ3v) is 9.48. The minimum atomic E-state index is -0.111. The first-order chi connectivity index (χ1) is 13.3. The normalized spacial score (nSPS) is 43.2. The van der Waals surface area contributed by atoms with Crippen LogP contribution in [0.15, 0.2) is 34.9 Å². The number of allylic oxidation sites excluding steroid dienone is 5. The van der Waals surface area contributed by atoms with Crippen molar-refractivity contribution in [1.82, 2.24) is 0 Å². The van der Waals surface area contributed by atoms with E-state index in [0.29, 0.717) is 10.8 Å². The maximum absolute atomic E-state index is 10.2. The maximum atomic E-state index is 10.2. The molecule has 0 aliphatic heterocycles. The Morgan fingerprint density at radius 2 is 1.89 bits per heavy atom. The minimum Gasteiger partial charge on any atom is -0.393 e. The molecule has 3 fully saturated rings. The summed E-state index contributed by atoms with van der Waals surface area (Å²) in [6, 6.07) is 0. The first-order valence-corrected chi connectivity index (χ1v) is 12.0. The Morgan fingerprint density at radius 3 is 2.64 bits per heavy atom. The summed E-state index contributed by atoms with van der Waals surface area (Å²) in [5, 5.41) is 10.2. The zero-order valence-electron chi connectivity index (χ0n) is 18.9. The fourth-order valence-electron chi connectivity index (χ4n) is 7.79. The summed E-state index contributed by atoms with van der Waals surface area (Å²) in [5.74, 6) is 3.25. The van der Waals surface area contributed by atoms with E-state index in [2.05, 4.69) is 52.8 Å². The van der Waals surface area contributed by atoms with Crippen LogP contribution in [0.25, 0.3) is 0 Å². The second-order valence-corrected chi connectivity index (χ2v) is 11.3. The molecule has 156 valence electrons. The van der Waals surface area contributed by atoms with Crippen molar-refractivity contribution >= 4 is 0 Å². The summed E-state index contributed by atoms with van der Waals surface area (Å²) in [4.78, 5) is 0. The van der Waals surface area contributed by atoms with Gasteiger partial charge >= 0.3 is 0 Å². The second-order valence-electron chi connectivity index (χ2n) is 11.3. The quantitative estimate of drug-likeness (QED) is 0.508. The van der Waals surface area contributed by atoms with Crippen LogP contribution in [0.2, 0.25) is 0 Å². The topological polar surface area (TPSA) is 20.2 Å². The fourth-order valence-corrected chi connectivity index (χ4v) is 7.79. The number of fused-ring (bicyclic) bond motifs is 5. The van der Waals surface area contributed by atoms with Gasteiger partial charge in [-0.05, 0) is 106 Å². The van der Waals surface area contributed by atoms with Gasteiger partial charge in [-0.1, -0.05) is 55.7 Å². The van der Waals surface area contributed by atoms with Crippen molar-refractivity contribution in [2.45, 2.75) is 98.5 Å². The molecule has 4 rings (SSSR count). The zero-order valence-corrected chi connectivity index (χ0v) is 18.9. The van der Waals surface area contributed by atoms with Gasteiger partial charge in [0.25, 0.3) is 0 Å². The van der Waals surface area contributed by atoms with Crippen LogP contribution in [-0.2, 0) is 0 Å². The van der Waals surface area contributed by atoms with E-state index in [9.17, 15) is 5.11 Å². The van der Waals surface area contributed by atoms with Crippen LogP contribution in [0.3, 0.4) is 0 Å². The average molecular weight is 383 g/mol.